The van der Waals surface area contributed by atoms with Crippen molar-refractivity contribution in [2.24, 2.45) is 0 Å². The molecular formula is C11H16N4O. The molecule has 0 unspecified atom stereocenters. The maximum Gasteiger partial charge on any atom is 0.137 e. The Balaban J connectivity index is 1.92. The molecule has 0 radical (unpaired) electrons. The molecule has 5 heteroatoms. The third-order valence-corrected chi connectivity index (χ3v) is 2.21. The number of furan rings is 1. The Labute approximate surface area is 94.5 Å². The SMILES string of the molecule is CC(C)NCc1coc(Cn2cncn2)c1. The molecule has 0 saturated carbocycles. The first-order chi connectivity index (χ1) is 7.74. The standard InChI is InChI=1S/C11H16N4O/c1-9(2)13-4-10-3-11(16-6-10)5-15-8-12-7-14-15/h3,6-9,13H,4-5H2,1-2H3. The second-order valence-corrected chi connectivity index (χ2v) is 4.05. The third-order valence-electron chi connectivity index (χ3n) is 2.21. The average Bonchev–Trinajstić information content (AvgIpc) is 2.87. The average molecular weight is 220 g/mol. The van der Waals surface area contributed by atoms with E-state index in [9.17, 15) is 0 Å². The molecule has 0 aliphatic carbocycles. The molecule has 0 saturated heterocycles. The highest BCUT2D eigenvalue weighted by Gasteiger charge is 2.03. The number of nitrogens with one attached hydrogen (secondary N) is 1. The number of nitrogens with zero attached hydrogens (tertiary/aromatic N) is 3. The molecule has 0 aliphatic rings. The lowest BCUT2D eigenvalue weighted by Crippen LogP contribution is -2.21. The molecule has 5 nitrogen and oxygen atoms in total. The first-order valence-corrected chi connectivity index (χ1v) is 5.36. The molecule has 2 heterocycles. The molecule has 16 heavy (non-hydrogen) atoms. The van der Waals surface area contributed by atoms with Crippen LogP contribution < -0.4 is 5.32 Å². The maximum atomic E-state index is 5.44. The van der Waals surface area contributed by atoms with Crippen LogP contribution in [0.25, 0.3) is 0 Å². The summed E-state index contributed by atoms with van der Waals surface area (Å²) >= 11 is 0. The lowest BCUT2D eigenvalue weighted by molar-refractivity contribution is 0.477. The Kier molecular flexibility index (Phi) is 3.36. The van der Waals surface area contributed by atoms with Crippen molar-refractivity contribution in [3.05, 3.63) is 36.3 Å². The van der Waals surface area contributed by atoms with Crippen LogP contribution >= 0.6 is 0 Å². The van der Waals surface area contributed by atoms with Crippen LogP contribution in [0.5, 0.6) is 0 Å². The summed E-state index contributed by atoms with van der Waals surface area (Å²) in [5.74, 6) is 0.894. The highest BCUT2D eigenvalue weighted by Crippen LogP contribution is 2.08. The molecule has 86 valence electrons. The summed E-state index contributed by atoms with van der Waals surface area (Å²) in [7, 11) is 0. The Morgan fingerprint density at radius 3 is 3.06 bits per heavy atom. The van der Waals surface area contributed by atoms with E-state index in [1.165, 1.54) is 6.33 Å². The van der Waals surface area contributed by atoms with Gasteiger partial charge in [-0.1, -0.05) is 13.8 Å². The van der Waals surface area contributed by atoms with Gasteiger partial charge in [0.2, 0.25) is 0 Å². The van der Waals surface area contributed by atoms with E-state index in [1.54, 1.807) is 17.3 Å². The Morgan fingerprint density at radius 2 is 2.38 bits per heavy atom. The molecule has 0 aliphatic heterocycles. The van der Waals surface area contributed by atoms with Crippen molar-refractivity contribution < 1.29 is 4.42 Å². The highest BCUT2D eigenvalue weighted by molar-refractivity contribution is 5.12. The smallest absolute Gasteiger partial charge is 0.137 e. The van der Waals surface area contributed by atoms with Gasteiger partial charge in [-0.15, -0.1) is 0 Å². The van der Waals surface area contributed by atoms with Crippen molar-refractivity contribution in [1.29, 1.82) is 0 Å². The largest absolute Gasteiger partial charge is 0.467 e. The third kappa shape index (κ3) is 2.93. The number of hydrogen-bond donors (Lipinski definition) is 1. The van der Waals surface area contributed by atoms with Crippen molar-refractivity contribution in [1.82, 2.24) is 20.1 Å². The van der Waals surface area contributed by atoms with Crippen molar-refractivity contribution in [2.45, 2.75) is 33.0 Å². The second kappa shape index (κ2) is 4.94. The van der Waals surface area contributed by atoms with Crippen LogP contribution in [0.1, 0.15) is 25.2 Å². The van der Waals surface area contributed by atoms with E-state index in [4.69, 9.17) is 4.42 Å². The van der Waals surface area contributed by atoms with E-state index in [0.717, 1.165) is 17.9 Å². The predicted molar refractivity (Wildman–Crippen MR) is 59.8 cm³/mol. The van der Waals surface area contributed by atoms with Gasteiger partial charge < -0.3 is 9.73 Å². The van der Waals surface area contributed by atoms with Crippen LogP contribution in [0.3, 0.4) is 0 Å². The molecular weight excluding hydrogens is 204 g/mol. The van der Waals surface area contributed by atoms with E-state index < -0.39 is 0 Å². The van der Waals surface area contributed by atoms with Crippen LogP contribution in [0.2, 0.25) is 0 Å². The number of rotatable bonds is 5. The number of aromatic nitrogens is 3. The van der Waals surface area contributed by atoms with Gasteiger partial charge in [-0.3, -0.25) is 0 Å². The van der Waals surface area contributed by atoms with Gasteiger partial charge in [0.1, 0.15) is 25.0 Å². The summed E-state index contributed by atoms with van der Waals surface area (Å²) < 4.78 is 7.18. The lowest BCUT2D eigenvalue weighted by atomic mass is 10.3. The Morgan fingerprint density at radius 1 is 1.50 bits per heavy atom. The molecule has 2 aromatic rings. The fourth-order valence-electron chi connectivity index (χ4n) is 1.40. The normalized spacial score (nSPS) is 11.2. The summed E-state index contributed by atoms with van der Waals surface area (Å²) in [6, 6.07) is 2.52. The fraction of sp³-hybridized carbons (Fsp3) is 0.455. The molecule has 0 bridgehead atoms. The minimum atomic E-state index is 0.480. The van der Waals surface area contributed by atoms with Gasteiger partial charge in [0, 0.05) is 18.2 Å². The topological polar surface area (TPSA) is 55.9 Å². The molecule has 0 atom stereocenters. The summed E-state index contributed by atoms with van der Waals surface area (Å²) in [6.07, 6.45) is 4.97. The van der Waals surface area contributed by atoms with Gasteiger partial charge in [-0.2, -0.15) is 5.10 Å². The first-order valence-electron chi connectivity index (χ1n) is 5.36. The van der Waals surface area contributed by atoms with Gasteiger partial charge in [0.05, 0.1) is 6.26 Å². The molecule has 0 spiro atoms. The van der Waals surface area contributed by atoms with Crippen molar-refractivity contribution in [3.63, 3.8) is 0 Å². The molecule has 0 aromatic carbocycles. The van der Waals surface area contributed by atoms with Crippen molar-refractivity contribution >= 4 is 0 Å². The quantitative estimate of drug-likeness (QED) is 0.828. The summed E-state index contributed by atoms with van der Waals surface area (Å²) in [5, 5.41) is 7.36. The van der Waals surface area contributed by atoms with E-state index in [0.29, 0.717) is 12.6 Å². The lowest BCUT2D eigenvalue weighted by Gasteiger charge is -2.04. The van der Waals surface area contributed by atoms with Gasteiger partial charge in [-0.05, 0) is 6.07 Å². The first kappa shape index (κ1) is 10.9. The molecule has 1 N–H and O–H groups in total. The Bertz CT molecular complexity index is 419. The van der Waals surface area contributed by atoms with E-state index in [1.807, 2.05) is 6.07 Å². The van der Waals surface area contributed by atoms with E-state index in [-0.39, 0.29) is 0 Å². The van der Waals surface area contributed by atoms with Gasteiger partial charge >= 0.3 is 0 Å². The zero-order valence-electron chi connectivity index (χ0n) is 9.55. The Hall–Kier alpha value is -1.62. The van der Waals surface area contributed by atoms with Crippen molar-refractivity contribution in [2.75, 3.05) is 0 Å². The minimum absolute atomic E-state index is 0.480. The minimum Gasteiger partial charge on any atom is -0.467 e. The molecule has 2 rings (SSSR count). The zero-order chi connectivity index (χ0) is 11.4. The highest BCUT2D eigenvalue weighted by atomic mass is 16.3. The van der Waals surface area contributed by atoms with Gasteiger partial charge in [-0.25, -0.2) is 9.67 Å². The van der Waals surface area contributed by atoms with Crippen molar-refractivity contribution in [3.8, 4) is 0 Å². The van der Waals surface area contributed by atoms with Gasteiger partial charge in [0.25, 0.3) is 0 Å². The van der Waals surface area contributed by atoms with E-state index >= 15 is 0 Å². The molecule has 0 fully saturated rings. The van der Waals surface area contributed by atoms with Crippen LogP contribution in [0.15, 0.2) is 29.4 Å². The van der Waals surface area contributed by atoms with Crippen LogP contribution in [0, 0.1) is 0 Å². The van der Waals surface area contributed by atoms with E-state index in [2.05, 4.69) is 29.2 Å². The fourth-order valence-corrected chi connectivity index (χ4v) is 1.40. The molecule has 0 amide bonds. The zero-order valence-corrected chi connectivity index (χ0v) is 9.55. The molecule has 2 aromatic heterocycles. The summed E-state index contributed by atoms with van der Waals surface area (Å²) in [6.45, 7) is 5.70. The van der Waals surface area contributed by atoms with Crippen LogP contribution in [0.4, 0.5) is 0 Å². The number of hydrogen-bond acceptors (Lipinski definition) is 4. The summed E-state index contributed by atoms with van der Waals surface area (Å²) in [5.41, 5.74) is 1.16. The second-order valence-electron chi connectivity index (χ2n) is 4.05. The van der Waals surface area contributed by atoms with Crippen LogP contribution in [-0.4, -0.2) is 20.8 Å². The maximum absolute atomic E-state index is 5.44. The van der Waals surface area contributed by atoms with Gasteiger partial charge in [0.15, 0.2) is 0 Å². The summed E-state index contributed by atoms with van der Waals surface area (Å²) in [4.78, 5) is 3.88. The predicted octanol–water partition coefficient (Wildman–Crippen LogP) is 1.42. The monoisotopic (exact) mass is 220 g/mol. The van der Waals surface area contributed by atoms with Crippen LogP contribution in [-0.2, 0) is 13.1 Å².